The van der Waals surface area contributed by atoms with Crippen LogP contribution >= 0.6 is 21.6 Å². The molecule has 1 amide bonds. The van der Waals surface area contributed by atoms with Crippen LogP contribution in [0.3, 0.4) is 0 Å². The Labute approximate surface area is 305 Å². The highest BCUT2D eigenvalue weighted by molar-refractivity contribution is 8.76. The lowest BCUT2D eigenvalue weighted by atomic mass is 9.68. The van der Waals surface area contributed by atoms with Crippen LogP contribution in [-0.2, 0) is 40.5 Å². The SMILES string of the molecule is CC(C)(C)C(OCCCCOCSSc1ccc(CC(=O)NCCOCCOCCOCCN=[N+]=[N-])cc1)(c1ccccc1)c1ccccc1. The van der Waals surface area contributed by atoms with Crippen molar-refractivity contribution < 1.29 is 28.5 Å². The van der Waals surface area contributed by atoms with E-state index in [1.54, 1.807) is 21.6 Å². The molecule has 10 nitrogen and oxygen atoms in total. The molecule has 3 rings (SSSR count). The van der Waals surface area contributed by atoms with Gasteiger partial charge in [0.1, 0.15) is 11.5 Å². The zero-order chi connectivity index (χ0) is 35.8. The number of hydrogen-bond donors (Lipinski definition) is 1. The summed E-state index contributed by atoms with van der Waals surface area (Å²) in [7, 11) is 3.33. The minimum absolute atomic E-state index is 0.0412. The van der Waals surface area contributed by atoms with E-state index in [1.165, 1.54) is 11.1 Å². The molecule has 12 heteroatoms. The summed E-state index contributed by atoms with van der Waals surface area (Å²) in [6, 6.07) is 29.1. The standard InChI is InChI=1S/C38H52N4O6S2/c1-37(2,3)38(33-12-6-4-7-13-33,34-14-8-5-9-15-34)48-23-11-10-22-47-31-49-50-35-18-16-32(17-19-35)30-36(43)40-20-24-44-26-28-46-29-27-45-25-21-41-42-39/h4-9,12-19H,10-11,20-31H2,1-3H3,(H,40,43). The van der Waals surface area contributed by atoms with E-state index in [9.17, 15) is 4.79 Å². The van der Waals surface area contributed by atoms with Crippen molar-refractivity contribution in [1.29, 1.82) is 0 Å². The summed E-state index contributed by atoms with van der Waals surface area (Å²) in [6.07, 6.45) is 2.15. The first-order valence-corrected chi connectivity index (χ1v) is 19.4. The van der Waals surface area contributed by atoms with E-state index in [0.29, 0.717) is 78.3 Å². The summed E-state index contributed by atoms with van der Waals surface area (Å²) in [5.74, 6) is 0.554. The Morgan fingerprint density at radius 3 is 1.92 bits per heavy atom. The number of hydrogen-bond acceptors (Lipinski definition) is 9. The smallest absolute Gasteiger partial charge is 0.224 e. The van der Waals surface area contributed by atoms with Crippen molar-refractivity contribution in [1.82, 2.24) is 5.32 Å². The van der Waals surface area contributed by atoms with Crippen molar-refractivity contribution in [2.45, 2.75) is 50.5 Å². The van der Waals surface area contributed by atoms with Gasteiger partial charge in [-0.2, -0.15) is 0 Å². The number of ether oxygens (including phenoxy) is 5. The van der Waals surface area contributed by atoms with Crippen molar-refractivity contribution >= 4 is 27.5 Å². The van der Waals surface area contributed by atoms with Crippen molar-refractivity contribution in [3.63, 3.8) is 0 Å². The number of unbranched alkanes of at least 4 members (excludes halogenated alkanes) is 1. The molecule has 0 aliphatic heterocycles. The van der Waals surface area contributed by atoms with Crippen molar-refractivity contribution in [3.05, 3.63) is 112 Å². The first-order chi connectivity index (χ1) is 24.4. The fraction of sp³-hybridized carbons (Fsp3) is 0.500. The molecule has 0 atom stereocenters. The van der Waals surface area contributed by atoms with E-state index in [4.69, 9.17) is 29.2 Å². The van der Waals surface area contributed by atoms with Gasteiger partial charge in [-0.25, -0.2) is 0 Å². The van der Waals surface area contributed by atoms with Crippen LogP contribution < -0.4 is 5.32 Å². The van der Waals surface area contributed by atoms with E-state index in [2.05, 4.69) is 84.6 Å². The minimum atomic E-state index is -0.553. The molecule has 1 N–H and O–H groups in total. The van der Waals surface area contributed by atoms with Crippen LogP contribution in [0.1, 0.15) is 50.3 Å². The van der Waals surface area contributed by atoms with Gasteiger partial charge in [-0.3, -0.25) is 4.79 Å². The van der Waals surface area contributed by atoms with Crippen molar-refractivity contribution in [2.75, 3.05) is 71.9 Å². The Hall–Kier alpha value is -3.06. The maximum atomic E-state index is 12.3. The Balaban J connectivity index is 1.23. The lowest BCUT2D eigenvalue weighted by molar-refractivity contribution is -0.120. The van der Waals surface area contributed by atoms with Gasteiger partial charge < -0.3 is 29.0 Å². The average molecular weight is 725 g/mol. The maximum Gasteiger partial charge on any atom is 0.224 e. The number of carbonyl (C=O) groups is 1. The summed E-state index contributed by atoms with van der Waals surface area (Å²) in [6.45, 7) is 11.4. The Morgan fingerprint density at radius 2 is 1.32 bits per heavy atom. The summed E-state index contributed by atoms with van der Waals surface area (Å²) >= 11 is 0. The number of carbonyl (C=O) groups excluding carboxylic acids is 1. The van der Waals surface area contributed by atoms with Gasteiger partial charge >= 0.3 is 0 Å². The van der Waals surface area contributed by atoms with Crippen molar-refractivity contribution in [2.24, 2.45) is 10.5 Å². The molecule has 0 saturated heterocycles. The Morgan fingerprint density at radius 1 is 0.740 bits per heavy atom. The second-order valence-electron chi connectivity index (χ2n) is 12.4. The lowest BCUT2D eigenvalue weighted by Crippen LogP contribution is -2.44. The van der Waals surface area contributed by atoms with Gasteiger partial charge in [0.2, 0.25) is 5.91 Å². The molecule has 0 bridgehead atoms. The van der Waals surface area contributed by atoms with Crippen LogP contribution in [0.4, 0.5) is 0 Å². The Bertz CT molecular complexity index is 1350. The first kappa shape index (κ1) is 41.4. The van der Waals surface area contributed by atoms with Gasteiger partial charge in [-0.15, -0.1) is 0 Å². The lowest BCUT2D eigenvalue weighted by Gasteiger charge is -2.45. The molecule has 3 aromatic carbocycles. The van der Waals surface area contributed by atoms with Crippen LogP contribution in [-0.4, -0.2) is 77.8 Å². The quantitative estimate of drug-likeness (QED) is 0.0220. The third kappa shape index (κ3) is 15.0. The molecule has 0 saturated carbocycles. The average Bonchev–Trinajstić information content (AvgIpc) is 3.12. The maximum absolute atomic E-state index is 12.3. The second kappa shape index (κ2) is 24.2. The van der Waals surface area contributed by atoms with Crippen LogP contribution in [0.5, 0.6) is 0 Å². The van der Waals surface area contributed by atoms with Crippen LogP contribution in [0, 0.1) is 5.41 Å². The predicted octanol–water partition coefficient (Wildman–Crippen LogP) is 8.21. The molecule has 0 spiro atoms. The second-order valence-corrected chi connectivity index (χ2v) is 14.7. The van der Waals surface area contributed by atoms with Gasteiger partial charge in [0, 0.05) is 36.1 Å². The highest BCUT2D eigenvalue weighted by Gasteiger charge is 2.46. The summed E-state index contributed by atoms with van der Waals surface area (Å²) in [5.41, 5.74) is 10.8. The molecular formula is C38H52N4O6S2. The summed E-state index contributed by atoms with van der Waals surface area (Å²) in [4.78, 5) is 16.1. The number of nitrogens with one attached hydrogen (secondary N) is 1. The molecule has 0 heterocycles. The molecule has 0 aliphatic rings. The molecule has 272 valence electrons. The molecule has 0 radical (unpaired) electrons. The van der Waals surface area contributed by atoms with Gasteiger partial charge in [-0.05, 0) is 52.6 Å². The first-order valence-electron chi connectivity index (χ1n) is 17.1. The molecule has 0 fully saturated rings. The number of nitrogens with zero attached hydrogens (tertiary/aromatic N) is 3. The molecule has 3 aromatic rings. The van der Waals surface area contributed by atoms with E-state index >= 15 is 0 Å². The van der Waals surface area contributed by atoms with E-state index in [-0.39, 0.29) is 11.3 Å². The van der Waals surface area contributed by atoms with E-state index in [1.807, 2.05) is 36.4 Å². The number of rotatable bonds is 26. The van der Waals surface area contributed by atoms with Gasteiger partial charge in [0.15, 0.2) is 0 Å². The van der Waals surface area contributed by atoms with Crippen LogP contribution in [0.2, 0.25) is 0 Å². The zero-order valence-corrected chi connectivity index (χ0v) is 31.2. The predicted molar refractivity (Wildman–Crippen MR) is 202 cm³/mol. The fourth-order valence-corrected chi connectivity index (χ4v) is 7.05. The number of amides is 1. The topological polar surface area (TPSA) is 124 Å². The van der Waals surface area contributed by atoms with Gasteiger partial charge in [0.05, 0.1) is 46.1 Å². The molecule has 50 heavy (non-hydrogen) atoms. The molecular weight excluding hydrogens is 673 g/mol. The Kier molecular flexibility index (Phi) is 20.0. The van der Waals surface area contributed by atoms with E-state index < -0.39 is 5.60 Å². The third-order valence-electron chi connectivity index (χ3n) is 7.70. The van der Waals surface area contributed by atoms with Gasteiger partial charge in [-0.1, -0.05) is 120 Å². The van der Waals surface area contributed by atoms with Crippen molar-refractivity contribution in [3.8, 4) is 0 Å². The largest absolute Gasteiger partial charge is 0.379 e. The number of azide groups is 1. The minimum Gasteiger partial charge on any atom is -0.379 e. The third-order valence-corrected chi connectivity index (χ3v) is 9.77. The fourth-order valence-electron chi connectivity index (χ4n) is 5.34. The number of benzene rings is 3. The normalized spacial score (nSPS) is 11.7. The monoisotopic (exact) mass is 724 g/mol. The highest BCUT2D eigenvalue weighted by Crippen LogP contribution is 2.48. The van der Waals surface area contributed by atoms with Crippen LogP contribution in [0.15, 0.2) is 94.9 Å². The summed E-state index contributed by atoms with van der Waals surface area (Å²) in [5, 5.41) is 6.27. The van der Waals surface area contributed by atoms with Gasteiger partial charge in [0.25, 0.3) is 0 Å². The zero-order valence-electron chi connectivity index (χ0n) is 29.6. The molecule has 0 aliphatic carbocycles. The molecule has 0 unspecified atom stereocenters. The molecule has 0 aromatic heterocycles. The summed E-state index contributed by atoms with van der Waals surface area (Å²) < 4.78 is 28.9. The van der Waals surface area contributed by atoms with Crippen LogP contribution in [0.25, 0.3) is 10.4 Å². The highest BCUT2D eigenvalue weighted by atomic mass is 33.1. The van der Waals surface area contributed by atoms with E-state index in [0.717, 1.165) is 23.3 Å².